The van der Waals surface area contributed by atoms with E-state index in [2.05, 4.69) is 4.98 Å². The van der Waals surface area contributed by atoms with Crippen molar-refractivity contribution >= 4 is 22.7 Å². The second-order valence-electron chi connectivity index (χ2n) is 4.25. The van der Waals surface area contributed by atoms with Gasteiger partial charge >= 0.3 is 0 Å². The Bertz CT molecular complexity index is 760. The van der Waals surface area contributed by atoms with Crippen LogP contribution in [0.2, 0.25) is 0 Å². The summed E-state index contributed by atoms with van der Waals surface area (Å²) in [6.07, 6.45) is 1.94. The first-order valence-electron chi connectivity index (χ1n) is 6.13. The zero-order valence-electron chi connectivity index (χ0n) is 10.8. The normalized spacial score (nSPS) is 10.7. The second kappa shape index (κ2) is 5.51. The number of fused-ring (bicyclic) bond motifs is 1. The van der Waals surface area contributed by atoms with Crippen LogP contribution in [-0.4, -0.2) is 11.2 Å². The summed E-state index contributed by atoms with van der Waals surface area (Å²) in [7, 11) is 0. The van der Waals surface area contributed by atoms with Gasteiger partial charge in [0.05, 0.1) is 5.52 Å². The van der Waals surface area contributed by atoms with Crippen molar-refractivity contribution in [3.8, 4) is 11.5 Å². The lowest BCUT2D eigenvalue weighted by Crippen LogP contribution is -1.91. The highest BCUT2D eigenvalue weighted by Gasteiger charge is 2.08. The Morgan fingerprint density at radius 3 is 2.70 bits per heavy atom. The zero-order valence-corrected chi connectivity index (χ0v) is 11.7. The molecule has 1 heterocycles. The van der Waals surface area contributed by atoms with Gasteiger partial charge in [0.25, 0.3) is 0 Å². The minimum atomic E-state index is -0.318. The molecule has 0 N–H and O–H groups in total. The molecule has 0 spiro atoms. The van der Waals surface area contributed by atoms with Gasteiger partial charge in [0.1, 0.15) is 16.6 Å². The van der Waals surface area contributed by atoms with E-state index < -0.39 is 0 Å². The van der Waals surface area contributed by atoms with Gasteiger partial charge in [0.15, 0.2) is 5.75 Å². The summed E-state index contributed by atoms with van der Waals surface area (Å²) in [4.78, 5) is 4.56. The molecule has 0 aliphatic rings. The monoisotopic (exact) mass is 285 g/mol. The van der Waals surface area contributed by atoms with Gasteiger partial charge in [0, 0.05) is 11.5 Å². The first-order valence-corrected chi connectivity index (χ1v) is 7.36. The lowest BCUT2D eigenvalue weighted by atomic mass is 10.2. The van der Waals surface area contributed by atoms with Crippen LogP contribution < -0.4 is 4.74 Å². The average Bonchev–Trinajstić information content (AvgIpc) is 2.46. The van der Waals surface area contributed by atoms with Crippen LogP contribution in [0.15, 0.2) is 59.6 Å². The third-order valence-electron chi connectivity index (χ3n) is 2.87. The Morgan fingerprint density at radius 2 is 1.90 bits per heavy atom. The van der Waals surface area contributed by atoms with Gasteiger partial charge in [-0.3, -0.25) is 0 Å². The summed E-state index contributed by atoms with van der Waals surface area (Å²) in [6, 6.07) is 15.9. The molecule has 3 rings (SSSR count). The molecule has 0 amide bonds. The van der Waals surface area contributed by atoms with Gasteiger partial charge in [-0.05, 0) is 30.5 Å². The third kappa shape index (κ3) is 2.60. The number of pyridine rings is 1. The molecule has 2 nitrogen and oxygen atoms in total. The maximum absolute atomic E-state index is 13.2. The average molecular weight is 285 g/mol. The molecule has 3 aromatic rings. The maximum atomic E-state index is 13.2. The van der Waals surface area contributed by atoms with Crippen molar-refractivity contribution in [2.45, 2.75) is 5.03 Å². The first-order chi connectivity index (χ1) is 9.76. The molecular weight excluding hydrogens is 273 g/mol. The maximum Gasteiger partial charge on any atom is 0.160 e. The Balaban J connectivity index is 2.05. The van der Waals surface area contributed by atoms with E-state index in [0.717, 1.165) is 15.9 Å². The summed E-state index contributed by atoms with van der Waals surface area (Å²) < 4.78 is 19.0. The van der Waals surface area contributed by atoms with E-state index in [4.69, 9.17) is 4.74 Å². The summed E-state index contributed by atoms with van der Waals surface area (Å²) in [5, 5.41) is 1.78. The van der Waals surface area contributed by atoms with Crippen molar-refractivity contribution < 1.29 is 9.13 Å². The quantitative estimate of drug-likeness (QED) is 0.640. The molecule has 1 aromatic heterocycles. The van der Waals surface area contributed by atoms with Gasteiger partial charge < -0.3 is 4.74 Å². The number of thioether (sulfide) groups is 1. The fourth-order valence-electron chi connectivity index (χ4n) is 1.96. The molecule has 0 saturated carbocycles. The van der Waals surface area contributed by atoms with Crippen molar-refractivity contribution in [3.05, 3.63) is 60.4 Å². The van der Waals surface area contributed by atoms with Crippen molar-refractivity contribution in [2.75, 3.05) is 6.26 Å². The number of hydrogen-bond donors (Lipinski definition) is 0. The smallest absolute Gasteiger partial charge is 0.160 e. The number of rotatable bonds is 3. The molecule has 0 saturated heterocycles. The molecule has 2 aromatic carbocycles. The largest absolute Gasteiger partial charge is 0.454 e. The van der Waals surface area contributed by atoms with Crippen molar-refractivity contribution in [1.29, 1.82) is 0 Å². The molecule has 0 radical (unpaired) electrons. The van der Waals surface area contributed by atoms with E-state index in [0.29, 0.717) is 11.5 Å². The van der Waals surface area contributed by atoms with Gasteiger partial charge in [-0.1, -0.05) is 24.3 Å². The van der Waals surface area contributed by atoms with Gasteiger partial charge in [-0.2, -0.15) is 0 Å². The minimum Gasteiger partial charge on any atom is -0.454 e. The Hall–Kier alpha value is -2.07. The fraction of sp³-hybridized carbons (Fsp3) is 0.0625. The van der Waals surface area contributed by atoms with Gasteiger partial charge in [0.2, 0.25) is 0 Å². The molecule has 100 valence electrons. The summed E-state index contributed by atoms with van der Waals surface area (Å²) in [6.45, 7) is 0. The van der Waals surface area contributed by atoms with E-state index in [1.165, 1.54) is 23.9 Å². The van der Waals surface area contributed by atoms with Crippen molar-refractivity contribution in [3.63, 3.8) is 0 Å². The van der Waals surface area contributed by atoms with E-state index in [1.807, 2.05) is 36.6 Å². The van der Waals surface area contributed by atoms with E-state index in [9.17, 15) is 4.39 Å². The molecule has 4 heteroatoms. The summed E-state index contributed by atoms with van der Waals surface area (Å²) >= 11 is 1.50. The zero-order chi connectivity index (χ0) is 13.9. The SMILES string of the molecule is CSc1nc2ccccc2cc1Oc1cccc(F)c1. The summed E-state index contributed by atoms with van der Waals surface area (Å²) in [5.41, 5.74) is 0.920. The molecule has 0 unspecified atom stereocenters. The topological polar surface area (TPSA) is 22.1 Å². The van der Waals surface area contributed by atoms with Crippen LogP contribution in [-0.2, 0) is 0 Å². The number of aromatic nitrogens is 1. The minimum absolute atomic E-state index is 0.318. The molecular formula is C16H12FNOS. The number of para-hydroxylation sites is 1. The predicted molar refractivity (Wildman–Crippen MR) is 80.0 cm³/mol. The molecule has 0 aliphatic carbocycles. The highest BCUT2D eigenvalue weighted by Crippen LogP contribution is 2.33. The van der Waals surface area contributed by atoms with Gasteiger partial charge in [-0.15, -0.1) is 11.8 Å². The Labute approximate surface area is 120 Å². The van der Waals surface area contributed by atoms with Crippen LogP contribution in [0.4, 0.5) is 4.39 Å². The highest BCUT2D eigenvalue weighted by atomic mass is 32.2. The molecule has 20 heavy (non-hydrogen) atoms. The second-order valence-corrected chi connectivity index (χ2v) is 5.04. The standard InChI is InChI=1S/C16H12FNOS/c1-20-16-15(19-13-7-4-6-12(17)10-13)9-11-5-2-3-8-14(11)18-16/h2-10H,1H3. The van der Waals surface area contributed by atoms with Crippen molar-refractivity contribution in [2.24, 2.45) is 0 Å². The number of benzene rings is 2. The highest BCUT2D eigenvalue weighted by molar-refractivity contribution is 7.98. The molecule has 0 aliphatic heterocycles. The Kier molecular flexibility index (Phi) is 3.56. The number of hydrogen-bond acceptors (Lipinski definition) is 3. The lowest BCUT2D eigenvalue weighted by molar-refractivity contribution is 0.462. The van der Waals surface area contributed by atoms with E-state index in [1.54, 1.807) is 12.1 Å². The third-order valence-corrected chi connectivity index (χ3v) is 3.55. The Morgan fingerprint density at radius 1 is 1.05 bits per heavy atom. The van der Waals surface area contributed by atoms with Gasteiger partial charge in [-0.25, -0.2) is 9.37 Å². The van der Waals surface area contributed by atoms with Crippen LogP contribution >= 0.6 is 11.8 Å². The van der Waals surface area contributed by atoms with E-state index >= 15 is 0 Å². The lowest BCUT2D eigenvalue weighted by Gasteiger charge is -2.10. The van der Waals surface area contributed by atoms with Crippen molar-refractivity contribution in [1.82, 2.24) is 4.98 Å². The van der Waals surface area contributed by atoms with Crippen LogP contribution in [0.25, 0.3) is 10.9 Å². The number of halogens is 1. The molecule has 0 bridgehead atoms. The van der Waals surface area contributed by atoms with Crippen LogP contribution in [0.3, 0.4) is 0 Å². The van der Waals surface area contributed by atoms with Crippen LogP contribution in [0.1, 0.15) is 0 Å². The fourth-order valence-corrected chi connectivity index (χ4v) is 2.45. The molecule has 0 fully saturated rings. The van der Waals surface area contributed by atoms with E-state index in [-0.39, 0.29) is 5.82 Å². The van der Waals surface area contributed by atoms with Crippen LogP contribution in [0, 0.1) is 5.82 Å². The molecule has 0 atom stereocenters. The van der Waals surface area contributed by atoms with Crippen LogP contribution in [0.5, 0.6) is 11.5 Å². The number of nitrogens with zero attached hydrogens (tertiary/aromatic N) is 1. The summed E-state index contributed by atoms with van der Waals surface area (Å²) in [5.74, 6) is 0.793. The predicted octanol–water partition coefficient (Wildman–Crippen LogP) is 4.89. The number of ether oxygens (including phenoxy) is 1. The first kappa shape index (κ1) is 12.9.